The number of nitrogen functional groups attached to an aromatic ring is 1. The van der Waals surface area contributed by atoms with Gasteiger partial charge in [-0.25, -0.2) is 12.8 Å². The first kappa shape index (κ1) is 14.0. The summed E-state index contributed by atoms with van der Waals surface area (Å²) in [6, 6.07) is 5.65. The van der Waals surface area contributed by atoms with E-state index >= 15 is 0 Å². The lowest BCUT2D eigenvalue weighted by Crippen LogP contribution is -2.27. The number of benzene rings is 1. The molecule has 1 aromatic heterocycles. The highest BCUT2D eigenvalue weighted by molar-refractivity contribution is 7.89. The lowest BCUT2D eigenvalue weighted by molar-refractivity contribution is 0.461. The Hall–Kier alpha value is -1.44. The van der Waals surface area contributed by atoms with Crippen LogP contribution in [0.15, 0.2) is 39.9 Å². The van der Waals surface area contributed by atoms with Gasteiger partial charge < -0.3 is 5.73 Å². The van der Waals surface area contributed by atoms with Gasteiger partial charge in [-0.2, -0.15) is 15.6 Å². The molecule has 0 saturated heterocycles. The molecule has 0 aliphatic rings. The predicted octanol–water partition coefficient (Wildman–Crippen LogP) is 2.29. The van der Waals surface area contributed by atoms with Crippen LogP contribution in [0.3, 0.4) is 0 Å². The molecule has 2 rings (SSSR count). The number of nitrogens with two attached hydrogens (primary N) is 1. The smallest absolute Gasteiger partial charge is 0.248 e. The first-order valence-corrected chi connectivity index (χ1v) is 7.82. The van der Waals surface area contributed by atoms with E-state index in [4.69, 9.17) is 5.73 Å². The third-order valence-electron chi connectivity index (χ3n) is 2.65. The van der Waals surface area contributed by atoms with Crippen LogP contribution in [-0.4, -0.2) is 19.8 Å². The number of thiophene rings is 1. The molecule has 2 aromatic rings. The van der Waals surface area contributed by atoms with Crippen LogP contribution in [0, 0.1) is 5.82 Å². The minimum atomic E-state index is -3.94. The van der Waals surface area contributed by atoms with Crippen LogP contribution >= 0.6 is 11.3 Å². The maximum absolute atomic E-state index is 13.7. The zero-order valence-electron chi connectivity index (χ0n) is 10.2. The van der Waals surface area contributed by atoms with Crippen molar-refractivity contribution in [2.45, 2.75) is 11.4 Å². The van der Waals surface area contributed by atoms with Crippen LogP contribution in [-0.2, 0) is 16.6 Å². The van der Waals surface area contributed by atoms with Crippen LogP contribution in [0.25, 0.3) is 0 Å². The third kappa shape index (κ3) is 2.78. The molecule has 1 heterocycles. The Bertz CT molecular complexity index is 649. The first-order valence-electron chi connectivity index (χ1n) is 5.44. The quantitative estimate of drug-likeness (QED) is 0.881. The molecule has 0 aliphatic carbocycles. The van der Waals surface area contributed by atoms with E-state index in [1.165, 1.54) is 30.5 Å². The lowest BCUT2D eigenvalue weighted by atomic mass is 10.3. The molecule has 4 nitrogen and oxygen atoms in total. The Kier molecular flexibility index (Phi) is 3.88. The van der Waals surface area contributed by atoms with Gasteiger partial charge in [0.25, 0.3) is 0 Å². The van der Waals surface area contributed by atoms with Gasteiger partial charge in [-0.3, -0.25) is 0 Å². The molecule has 0 unspecified atom stereocenters. The number of sulfonamides is 1. The van der Waals surface area contributed by atoms with Gasteiger partial charge in [-0.05, 0) is 34.5 Å². The van der Waals surface area contributed by atoms with Crippen molar-refractivity contribution in [3.05, 3.63) is 46.4 Å². The fourth-order valence-electron chi connectivity index (χ4n) is 1.68. The molecule has 0 spiro atoms. The lowest BCUT2D eigenvalue weighted by Gasteiger charge is -2.18. The van der Waals surface area contributed by atoms with Crippen LogP contribution < -0.4 is 5.73 Å². The largest absolute Gasteiger partial charge is 0.398 e. The third-order valence-corrected chi connectivity index (χ3v) is 5.28. The molecule has 2 N–H and O–H groups in total. The molecule has 0 bridgehead atoms. The average Bonchev–Trinajstić information content (AvgIpc) is 2.81. The minimum absolute atomic E-state index is 0.0860. The van der Waals surface area contributed by atoms with Crippen molar-refractivity contribution in [1.29, 1.82) is 0 Å². The van der Waals surface area contributed by atoms with Gasteiger partial charge in [0.2, 0.25) is 10.0 Å². The molecule has 0 saturated carbocycles. The monoisotopic (exact) mass is 300 g/mol. The van der Waals surface area contributed by atoms with E-state index in [9.17, 15) is 12.8 Å². The van der Waals surface area contributed by atoms with E-state index in [1.54, 1.807) is 0 Å². The molecular formula is C12H13FN2O2S2. The summed E-state index contributed by atoms with van der Waals surface area (Å²) in [6.07, 6.45) is 0. The van der Waals surface area contributed by atoms with Crippen molar-refractivity contribution in [2.24, 2.45) is 0 Å². The summed E-state index contributed by atoms with van der Waals surface area (Å²) >= 11 is 1.47. The van der Waals surface area contributed by atoms with Crippen LogP contribution in [0.4, 0.5) is 10.1 Å². The SMILES string of the molecule is CN(Cc1ccsc1)S(=O)(=O)c1c(N)cccc1F. The van der Waals surface area contributed by atoms with Crippen molar-refractivity contribution in [1.82, 2.24) is 4.31 Å². The highest BCUT2D eigenvalue weighted by atomic mass is 32.2. The first-order chi connectivity index (χ1) is 8.93. The Morgan fingerprint density at radius 3 is 2.68 bits per heavy atom. The fraction of sp³-hybridized carbons (Fsp3) is 0.167. The maximum Gasteiger partial charge on any atom is 0.248 e. The van der Waals surface area contributed by atoms with Gasteiger partial charge in [0, 0.05) is 13.6 Å². The van der Waals surface area contributed by atoms with Gasteiger partial charge in [-0.15, -0.1) is 0 Å². The molecule has 1 aromatic carbocycles. The molecular weight excluding hydrogens is 287 g/mol. The standard InChI is InChI=1S/C12H13FN2O2S2/c1-15(7-9-5-6-18-8-9)19(16,17)12-10(13)3-2-4-11(12)14/h2-6,8H,7,14H2,1H3. The Morgan fingerprint density at radius 1 is 1.37 bits per heavy atom. The van der Waals surface area contributed by atoms with E-state index in [-0.39, 0.29) is 12.2 Å². The van der Waals surface area contributed by atoms with Crippen molar-refractivity contribution < 1.29 is 12.8 Å². The number of halogens is 1. The summed E-state index contributed by atoms with van der Waals surface area (Å²) in [7, 11) is -2.54. The topological polar surface area (TPSA) is 63.4 Å². The van der Waals surface area contributed by atoms with Gasteiger partial charge in [0.1, 0.15) is 10.7 Å². The summed E-state index contributed by atoms with van der Waals surface area (Å²) in [5.41, 5.74) is 6.34. The van der Waals surface area contributed by atoms with Crippen LogP contribution in [0.2, 0.25) is 0 Å². The molecule has 7 heteroatoms. The number of hydrogen-bond donors (Lipinski definition) is 1. The molecule has 102 valence electrons. The number of hydrogen-bond acceptors (Lipinski definition) is 4. The number of rotatable bonds is 4. The van der Waals surface area contributed by atoms with Crippen LogP contribution in [0.1, 0.15) is 5.56 Å². The summed E-state index contributed by atoms with van der Waals surface area (Å²) in [4.78, 5) is -0.465. The summed E-state index contributed by atoms with van der Waals surface area (Å²) in [5, 5.41) is 3.70. The van der Waals surface area contributed by atoms with E-state index in [0.717, 1.165) is 15.9 Å². The number of nitrogens with zero attached hydrogens (tertiary/aromatic N) is 1. The average molecular weight is 300 g/mol. The number of anilines is 1. The minimum Gasteiger partial charge on any atom is -0.398 e. The molecule has 0 aliphatic heterocycles. The normalized spacial score (nSPS) is 11.9. The maximum atomic E-state index is 13.7. The Balaban J connectivity index is 2.37. The second kappa shape index (κ2) is 5.28. The molecule has 19 heavy (non-hydrogen) atoms. The highest BCUT2D eigenvalue weighted by Gasteiger charge is 2.27. The van der Waals surface area contributed by atoms with Crippen molar-refractivity contribution in [2.75, 3.05) is 12.8 Å². The van der Waals surface area contributed by atoms with E-state index in [0.29, 0.717) is 0 Å². The van der Waals surface area contributed by atoms with E-state index in [1.807, 2.05) is 16.8 Å². The van der Waals surface area contributed by atoms with Gasteiger partial charge in [0.05, 0.1) is 5.69 Å². The second-order valence-corrected chi connectivity index (χ2v) is 6.81. The van der Waals surface area contributed by atoms with E-state index in [2.05, 4.69) is 0 Å². The Morgan fingerprint density at radius 2 is 2.11 bits per heavy atom. The summed E-state index contributed by atoms with van der Waals surface area (Å²) < 4.78 is 39.4. The van der Waals surface area contributed by atoms with Crippen molar-refractivity contribution >= 4 is 27.0 Å². The predicted molar refractivity (Wildman–Crippen MR) is 73.8 cm³/mol. The fourth-order valence-corrected chi connectivity index (χ4v) is 3.65. The van der Waals surface area contributed by atoms with Crippen LogP contribution in [0.5, 0.6) is 0 Å². The molecule has 0 amide bonds. The second-order valence-electron chi connectivity index (χ2n) is 4.05. The van der Waals surface area contributed by atoms with Gasteiger partial charge in [0.15, 0.2) is 0 Å². The zero-order chi connectivity index (χ0) is 14.0. The summed E-state index contributed by atoms with van der Waals surface area (Å²) in [5.74, 6) is -0.836. The molecule has 0 radical (unpaired) electrons. The van der Waals surface area contributed by atoms with Crippen molar-refractivity contribution in [3.63, 3.8) is 0 Å². The molecule has 0 atom stereocenters. The molecule has 0 fully saturated rings. The van der Waals surface area contributed by atoms with E-state index < -0.39 is 20.7 Å². The van der Waals surface area contributed by atoms with Gasteiger partial charge in [-0.1, -0.05) is 6.07 Å². The highest BCUT2D eigenvalue weighted by Crippen LogP contribution is 2.25. The van der Waals surface area contributed by atoms with Gasteiger partial charge >= 0.3 is 0 Å². The zero-order valence-corrected chi connectivity index (χ0v) is 11.8. The van der Waals surface area contributed by atoms with Crippen molar-refractivity contribution in [3.8, 4) is 0 Å². The summed E-state index contributed by atoms with van der Waals surface area (Å²) in [6.45, 7) is 0.180. The Labute approximate surface area is 115 Å².